The standard InChI is InChI=1S/C28H32Cl2N4O5S/c1-5-7-12-25-31-27(30)23(15-35)34(25)22-14-13-19(21(17(22)3)16-38-6-2)20-10-8-9-11-24(20)40(36,37)33-28-26(29)18(4)39-32-28/h8-11,13-14,35H,5-7,12,15-16H2,1-4H3,(H,32,33). The minimum absolute atomic E-state index is 0.0435. The Hall–Kier alpha value is -2.89. The zero-order valence-corrected chi connectivity index (χ0v) is 25.1. The molecule has 4 aromatic rings. The number of hydrogen-bond donors (Lipinski definition) is 2. The molecule has 214 valence electrons. The van der Waals surface area contributed by atoms with Crippen LogP contribution < -0.4 is 4.72 Å². The van der Waals surface area contributed by atoms with E-state index in [4.69, 9.17) is 32.5 Å². The SMILES string of the molecule is CCCCc1nc(Cl)c(CO)n1-c1ccc(-c2ccccc2S(=O)(=O)Nc2noc(C)c2Cl)c(COCC)c1C. The van der Waals surface area contributed by atoms with Crippen LogP contribution in [0.4, 0.5) is 5.82 Å². The Morgan fingerprint density at radius 3 is 2.50 bits per heavy atom. The number of sulfonamides is 1. The van der Waals surface area contributed by atoms with Crippen LogP contribution in [0.5, 0.6) is 0 Å². The third-order valence-corrected chi connectivity index (χ3v) is 8.79. The Kier molecular flexibility index (Phi) is 9.58. The lowest BCUT2D eigenvalue weighted by atomic mass is 9.94. The van der Waals surface area contributed by atoms with Gasteiger partial charge < -0.3 is 14.4 Å². The van der Waals surface area contributed by atoms with Gasteiger partial charge in [0.15, 0.2) is 10.9 Å². The van der Waals surface area contributed by atoms with Gasteiger partial charge in [-0.05, 0) is 56.0 Å². The molecule has 2 aromatic carbocycles. The maximum absolute atomic E-state index is 13.5. The number of imidazole rings is 1. The summed E-state index contributed by atoms with van der Waals surface area (Å²) in [6, 6.07) is 10.4. The van der Waals surface area contributed by atoms with E-state index >= 15 is 0 Å². The van der Waals surface area contributed by atoms with Crippen molar-refractivity contribution in [2.24, 2.45) is 0 Å². The van der Waals surface area contributed by atoms with Crippen molar-refractivity contribution in [1.82, 2.24) is 14.7 Å². The maximum Gasteiger partial charge on any atom is 0.263 e. The Bertz CT molecular complexity index is 1620. The van der Waals surface area contributed by atoms with E-state index in [2.05, 4.69) is 21.8 Å². The number of ether oxygens (including phenoxy) is 1. The van der Waals surface area contributed by atoms with E-state index in [-0.39, 0.29) is 34.1 Å². The highest BCUT2D eigenvalue weighted by molar-refractivity contribution is 7.92. The van der Waals surface area contributed by atoms with Crippen LogP contribution in [0.2, 0.25) is 10.2 Å². The van der Waals surface area contributed by atoms with E-state index in [1.54, 1.807) is 25.1 Å². The fourth-order valence-electron chi connectivity index (χ4n) is 4.56. The number of hydrogen-bond acceptors (Lipinski definition) is 7. The molecule has 0 radical (unpaired) electrons. The number of unbranched alkanes of at least 4 members (excludes halogenated alkanes) is 1. The molecule has 0 amide bonds. The molecule has 0 aliphatic rings. The number of aromatic nitrogens is 3. The highest BCUT2D eigenvalue weighted by Gasteiger charge is 2.26. The molecular weight excluding hydrogens is 575 g/mol. The summed E-state index contributed by atoms with van der Waals surface area (Å²) < 4.78 is 42.3. The summed E-state index contributed by atoms with van der Waals surface area (Å²) in [4.78, 5) is 4.57. The van der Waals surface area contributed by atoms with Crippen LogP contribution in [0.25, 0.3) is 16.8 Å². The van der Waals surface area contributed by atoms with Gasteiger partial charge in [0.1, 0.15) is 10.8 Å². The summed E-state index contributed by atoms with van der Waals surface area (Å²) in [6.07, 6.45) is 2.58. The molecule has 2 aromatic heterocycles. The smallest absolute Gasteiger partial charge is 0.263 e. The molecule has 0 saturated heterocycles. The molecular formula is C28H32Cl2N4O5S. The van der Waals surface area contributed by atoms with Gasteiger partial charge in [0, 0.05) is 18.6 Å². The van der Waals surface area contributed by atoms with Crippen molar-refractivity contribution in [3.63, 3.8) is 0 Å². The molecule has 2 heterocycles. The van der Waals surface area contributed by atoms with Gasteiger partial charge in [0.2, 0.25) is 5.82 Å². The molecule has 12 heteroatoms. The number of rotatable bonds is 12. The van der Waals surface area contributed by atoms with Gasteiger partial charge in [-0.15, -0.1) is 0 Å². The van der Waals surface area contributed by atoms with Crippen molar-refractivity contribution in [3.8, 4) is 16.8 Å². The van der Waals surface area contributed by atoms with Crippen LogP contribution >= 0.6 is 23.2 Å². The predicted octanol–water partition coefficient (Wildman–Crippen LogP) is 6.62. The normalized spacial score (nSPS) is 11.8. The van der Waals surface area contributed by atoms with E-state index in [1.807, 2.05) is 30.5 Å². The fourth-order valence-corrected chi connectivity index (χ4v) is 6.20. The summed E-state index contributed by atoms with van der Waals surface area (Å²) in [7, 11) is -4.10. The highest BCUT2D eigenvalue weighted by atomic mass is 35.5. The number of nitrogens with zero attached hydrogens (tertiary/aromatic N) is 3. The van der Waals surface area contributed by atoms with Crippen LogP contribution in [0, 0.1) is 13.8 Å². The lowest BCUT2D eigenvalue weighted by Crippen LogP contribution is -2.15. The second-order valence-electron chi connectivity index (χ2n) is 9.24. The summed E-state index contributed by atoms with van der Waals surface area (Å²) in [5.41, 5.74) is 4.10. The minimum atomic E-state index is -4.10. The Morgan fingerprint density at radius 1 is 1.10 bits per heavy atom. The summed E-state index contributed by atoms with van der Waals surface area (Å²) in [5, 5.41) is 14.2. The lowest BCUT2D eigenvalue weighted by Gasteiger charge is -2.21. The van der Waals surface area contributed by atoms with Crippen LogP contribution in [0.3, 0.4) is 0 Å². The van der Waals surface area contributed by atoms with Gasteiger partial charge >= 0.3 is 0 Å². The van der Waals surface area contributed by atoms with Gasteiger partial charge in [-0.3, -0.25) is 9.29 Å². The van der Waals surface area contributed by atoms with Gasteiger partial charge in [-0.25, -0.2) is 13.4 Å². The Labute approximate surface area is 244 Å². The Balaban J connectivity index is 1.89. The Morgan fingerprint density at radius 2 is 1.85 bits per heavy atom. The molecule has 0 aliphatic carbocycles. The summed E-state index contributed by atoms with van der Waals surface area (Å²) in [6.45, 7) is 7.95. The van der Waals surface area contributed by atoms with Crippen LogP contribution in [0.15, 0.2) is 45.8 Å². The molecule has 4 rings (SSSR count). The minimum Gasteiger partial charge on any atom is -0.390 e. The van der Waals surface area contributed by atoms with Crippen molar-refractivity contribution in [2.75, 3.05) is 11.3 Å². The molecule has 2 N–H and O–H groups in total. The molecule has 0 saturated carbocycles. The number of benzene rings is 2. The number of aryl methyl sites for hydroxylation is 2. The molecule has 0 unspecified atom stereocenters. The number of nitrogens with one attached hydrogen (secondary N) is 1. The molecule has 0 aliphatic heterocycles. The number of aliphatic hydroxyl groups excluding tert-OH is 1. The van der Waals surface area contributed by atoms with E-state index < -0.39 is 10.0 Å². The van der Waals surface area contributed by atoms with E-state index in [1.165, 1.54) is 6.07 Å². The van der Waals surface area contributed by atoms with Crippen LogP contribution in [-0.2, 0) is 34.4 Å². The number of aliphatic hydroxyl groups is 1. The first kappa shape index (κ1) is 30.1. The highest BCUT2D eigenvalue weighted by Crippen LogP contribution is 2.37. The first-order valence-corrected chi connectivity index (χ1v) is 15.2. The molecule has 0 bridgehead atoms. The van der Waals surface area contributed by atoms with E-state index in [0.29, 0.717) is 35.6 Å². The zero-order valence-electron chi connectivity index (χ0n) is 22.8. The van der Waals surface area contributed by atoms with Gasteiger partial charge in [-0.2, -0.15) is 0 Å². The average Bonchev–Trinajstić information content (AvgIpc) is 3.43. The third kappa shape index (κ3) is 5.91. The van der Waals surface area contributed by atoms with Crippen molar-refractivity contribution < 1.29 is 22.8 Å². The van der Waals surface area contributed by atoms with Crippen molar-refractivity contribution >= 4 is 39.0 Å². The van der Waals surface area contributed by atoms with Crippen molar-refractivity contribution in [1.29, 1.82) is 0 Å². The number of halogens is 2. The molecule has 0 atom stereocenters. The monoisotopic (exact) mass is 606 g/mol. The molecule has 0 spiro atoms. The topological polar surface area (TPSA) is 119 Å². The first-order chi connectivity index (χ1) is 19.1. The molecule has 9 nitrogen and oxygen atoms in total. The fraction of sp³-hybridized carbons (Fsp3) is 0.357. The number of anilines is 1. The van der Waals surface area contributed by atoms with Crippen molar-refractivity contribution in [3.05, 3.63) is 75.0 Å². The van der Waals surface area contributed by atoms with Gasteiger partial charge in [0.25, 0.3) is 10.0 Å². The second kappa shape index (κ2) is 12.7. The molecule has 0 fully saturated rings. The zero-order chi connectivity index (χ0) is 29.0. The maximum atomic E-state index is 13.5. The van der Waals surface area contributed by atoms with Crippen LogP contribution in [-0.4, -0.2) is 34.8 Å². The largest absolute Gasteiger partial charge is 0.390 e. The van der Waals surface area contributed by atoms with Crippen molar-refractivity contribution in [2.45, 2.75) is 65.1 Å². The van der Waals surface area contributed by atoms with E-state index in [0.717, 1.165) is 35.5 Å². The molecule has 40 heavy (non-hydrogen) atoms. The summed E-state index contributed by atoms with van der Waals surface area (Å²) >= 11 is 12.6. The van der Waals surface area contributed by atoms with E-state index in [9.17, 15) is 13.5 Å². The third-order valence-electron chi connectivity index (χ3n) is 6.65. The second-order valence-corrected chi connectivity index (χ2v) is 11.6. The summed E-state index contributed by atoms with van der Waals surface area (Å²) in [5.74, 6) is 0.974. The van der Waals surface area contributed by atoms with Gasteiger partial charge in [-0.1, -0.05) is 66.0 Å². The lowest BCUT2D eigenvalue weighted by molar-refractivity contribution is 0.134. The average molecular weight is 608 g/mol. The predicted molar refractivity (Wildman–Crippen MR) is 156 cm³/mol. The first-order valence-electron chi connectivity index (χ1n) is 13.0. The quantitative estimate of drug-likeness (QED) is 0.186. The van der Waals surface area contributed by atoms with Crippen LogP contribution in [0.1, 0.15) is 55.1 Å². The van der Waals surface area contributed by atoms with Gasteiger partial charge in [0.05, 0.1) is 29.5 Å².